The van der Waals surface area contributed by atoms with E-state index in [1.165, 1.54) is 0 Å². The number of aryl methyl sites for hydroxylation is 1. The summed E-state index contributed by atoms with van der Waals surface area (Å²) >= 11 is 4.46. The number of halogens is 1. The van der Waals surface area contributed by atoms with E-state index in [0.29, 0.717) is 39.8 Å². The molecule has 0 atom stereocenters. The van der Waals surface area contributed by atoms with Crippen molar-refractivity contribution in [3.63, 3.8) is 0 Å². The normalized spacial score (nSPS) is 10.8. The van der Waals surface area contributed by atoms with E-state index < -0.39 is 0 Å². The first-order valence-electron chi connectivity index (χ1n) is 9.49. The van der Waals surface area contributed by atoms with Gasteiger partial charge in [-0.05, 0) is 53.0 Å². The third kappa shape index (κ3) is 4.65. The van der Waals surface area contributed by atoms with Crippen LogP contribution in [0.5, 0.6) is 17.2 Å². The lowest BCUT2D eigenvalue weighted by Crippen LogP contribution is -2.14. The maximum atomic E-state index is 12.9. The molecule has 0 amide bonds. The summed E-state index contributed by atoms with van der Waals surface area (Å²) in [5.74, 6) is 0.988. The maximum absolute atomic E-state index is 12.9. The molecule has 1 aromatic carbocycles. The molecule has 0 spiro atoms. The number of rotatable bonds is 8. The SMILES string of the molecule is CCCCc1[nH]c(=O)c(Sc2ccc(Br)cn2)c(O)c1-c1c(OC)cccc1OC. The van der Waals surface area contributed by atoms with E-state index in [2.05, 4.69) is 32.8 Å². The highest BCUT2D eigenvalue weighted by Crippen LogP contribution is 2.46. The monoisotopic (exact) mass is 490 g/mol. The minimum Gasteiger partial charge on any atom is -0.506 e. The number of pyridine rings is 2. The molecule has 30 heavy (non-hydrogen) atoms. The molecule has 3 aromatic rings. The average molecular weight is 491 g/mol. The zero-order valence-electron chi connectivity index (χ0n) is 17.0. The summed E-state index contributed by atoms with van der Waals surface area (Å²) in [7, 11) is 3.13. The summed E-state index contributed by atoms with van der Waals surface area (Å²) in [5, 5.41) is 11.9. The summed E-state index contributed by atoms with van der Waals surface area (Å²) in [4.78, 5) is 20.3. The Labute approximate surface area is 187 Å². The predicted octanol–water partition coefficient (Wildman–Crippen LogP) is 5.42. The topological polar surface area (TPSA) is 84.4 Å². The standard InChI is InChI=1S/C22H23BrN2O4S/c1-4-5-7-14-18(19-15(28-2)8-6-9-16(19)29-3)20(26)21(22(27)25-14)30-17-11-10-13(23)12-24-17/h6,8-12H,4-5,7H2,1-3H3,(H2,25,26,27). The van der Waals surface area contributed by atoms with Gasteiger partial charge in [-0.25, -0.2) is 4.98 Å². The van der Waals surface area contributed by atoms with Crippen molar-refractivity contribution in [1.29, 1.82) is 0 Å². The lowest BCUT2D eigenvalue weighted by atomic mass is 9.98. The molecule has 2 N–H and O–H groups in total. The fourth-order valence-electron chi connectivity index (χ4n) is 3.15. The molecule has 0 saturated carbocycles. The molecule has 0 saturated heterocycles. The third-order valence-electron chi connectivity index (χ3n) is 4.59. The number of ether oxygens (including phenoxy) is 2. The number of H-pyrrole nitrogens is 1. The number of nitrogens with zero attached hydrogens (tertiary/aromatic N) is 1. The maximum Gasteiger partial charge on any atom is 0.266 e. The van der Waals surface area contributed by atoms with Crippen LogP contribution in [0.25, 0.3) is 11.1 Å². The molecule has 6 nitrogen and oxygen atoms in total. The van der Waals surface area contributed by atoms with Crippen molar-refractivity contribution in [3.05, 3.63) is 57.0 Å². The number of hydrogen-bond donors (Lipinski definition) is 2. The Morgan fingerprint density at radius 1 is 1.13 bits per heavy atom. The van der Waals surface area contributed by atoms with E-state index in [1.807, 2.05) is 12.1 Å². The van der Waals surface area contributed by atoms with Crippen LogP contribution >= 0.6 is 27.7 Å². The Hall–Kier alpha value is -2.45. The largest absolute Gasteiger partial charge is 0.506 e. The molecule has 0 aliphatic heterocycles. The van der Waals surface area contributed by atoms with Gasteiger partial charge in [0.15, 0.2) is 0 Å². The van der Waals surface area contributed by atoms with Crippen LogP contribution in [0.4, 0.5) is 0 Å². The van der Waals surface area contributed by atoms with Crippen molar-refractivity contribution in [2.45, 2.75) is 36.1 Å². The van der Waals surface area contributed by atoms with Gasteiger partial charge in [0.2, 0.25) is 0 Å². The van der Waals surface area contributed by atoms with Crippen LogP contribution in [0.2, 0.25) is 0 Å². The van der Waals surface area contributed by atoms with Gasteiger partial charge in [0.25, 0.3) is 5.56 Å². The van der Waals surface area contributed by atoms with E-state index in [4.69, 9.17) is 9.47 Å². The van der Waals surface area contributed by atoms with E-state index >= 15 is 0 Å². The molecular formula is C22H23BrN2O4S. The van der Waals surface area contributed by atoms with Gasteiger partial charge in [-0.3, -0.25) is 4.79 Å². The lowest BCUT2D eigenvalue weighted by molar-refractivity contribution is 0.396. The predicted molar refractivity (Wildman–Crippen MR) is 122 cm³/mol. The molecule has 2 aromatic heterocycles. The van der Waals surface area contributed by atoms with Crippen LogP contribution in [-0.2, 0) is 6.42 Å². The van der Waals surface area contributed by atoms with Crippen molar-refractivity contribution in [2.24, 2.45) is 0 Å². The minimum absolute atomic E-state index is 0.109. The Kier molecular flexibility index (Phi) is 7.44. The number of benzene rings is 1. The Balaban J connectivity index is 2.25. The summed E-state index contributed by atoms with van der Waals surface area (Å²) < 4.78 is 11.9. The van der Waals surface area contributed by atoms with Crippen LogP contribution < -0.4 is 15.0 Å². The highest BCUT2D eigenvalue weighted by Gasteiger charge is 2.24. The quantitative estimate of drug-likeness (QED) is 0.438. The second-order valence-electron chi connectivity index (χ2n) is 6.54. The number of aromatic amines is 1. The number of aromatic nitrogens is 2. The Bertz CT molecular complexity index is 1060. The molecule has 0 fully saturated rings. The first-order valence-corrected chi connectivity index (χ1v) is 11.1. The van der Waals surface area contributed by atoms with Crippen LogP contribution in [0, 0.1) is 0 Å². The molecule has 3 rings (SSSR count). The molecule has 0 bridgehead atoms. The molecular weight excluding hydrogens is 468 g/mol. The van der Waals surface area contributed by atoms with Crippen LogP contribution in [0.3, 0.4) is 0 Å². The molecule has 158 valence electrons. The van der Waals surface area contributed by atoms with Crippen molar-refractivity contribution in [1.82, 2.24) is 9.97 Å². The van der Waals surface area contributed by atoms with Crippen LogP contribution in [-0.4, -0.2) is 29.3 Å². The van der Waals surface area contributed by atoms with Gasteiger partial charge in [-0.1, -0.05) is 31.2 Å². The Morgan fingerprint density at radius 2 is 1.83 bits per heavy atom. The summed E-state index contributed by atoms with van der Waals surface area (Å²) in [5.41, 5.74) is 1.41. The van der Waals surface area contributed by atoms with Gasteiger partial charge >= 0.3 is 0 Å². The van der Waals surface area contributed by atoms with E-state index in [-0.39, 0.29) is 16.2 Å². The average Bonchev–Trinajstić information content (AvgIpc) is 2.76. The number of unbranched alkanes of at least 4 members (excludes halogenated alkanes) is 1. The van der Waals surface area contributed by atoms with Crippen molar-refractivity contribution < 1.29 is 14.6 Å². The second-order valence-corrected chi connectivity index (χ2v) is 8.49. The third-order valence-corrected chi connectivity index (χ3v) is 6.09. The first-order chi connectivity index (χ1) is 14.5. The molecule has 0 radical (unpaired) electrons. The highest BCUT2D eigenvalue weighted by molar-refractivity contribution is 9.10. The number of hydrogen-bond acceptors (Lipinski definition) is 6. The number of methoxy groups -OCH3 is 2. The van der Waals surface area contributed by atoms with Gasteiger partial charge in [0, 0.05) is 16.4 Å². The van der Waals surface area contributed by atoms with Crippen LogP contribution in [0.1, 0.15) is 25.5 Å². The van der Waals surface area contributed by atoms with E-state index in [9.17, 15) is 9.90 Å². The van der Waals surface area contributed by atoms with E-state index in [1.54, 1.807) is 38.6 Å². The van der Waals surface area contributed by atoms with E-state index in [0.717, 1.165) is 29.1 Å². The molecule has 0 aliphatic rings. The molecule has 0 unspecified atom stereocenters. The van der Waals surface area contributed by atoms with Crippen molar-refractivity contribution in [3.8, 4) is 28.4 Å². The van der Waals surface area contributed by atoms with Crippen LogP contribution in [0.15, 0.2) is 55.7 Å². The van der Waals surface area contributed by atoms with Gasteiger partial charge < -0.3 is 19.6 Å². The fourth-order valence-corrected chi connectivity index (χ4v) is 4.18. The van der Waals surface area contributed by atoms with Crippen molar-refractivity contribution in [2.75, 3.05) is 14.2 Å². The first kappa shape index (κ1) is 22.2. The zero-order valence-corrected chi connectivity index (χ0v) is 19.4. The molecule has 2 heterocycles. The zero-order chi connectivity index (χ0) is 21.7. The summed E-state index contributed by atoms with van der Waals surface area (Å²) in [6.07, 6.45) is 4.07. The van der Waals surface area contributed by atoms with Gasteiger partial charge in [-0.2, -0.15) is 0 Å². The second kappa shape index (κ2) is 10.0. The van der Waals surface area contributed by atoms with Crippen molar-refractivity contribution >= 4 is 27.7 Å². The van der Waals surface area contributed by atoms with Gasteiger partial charge in [-0.15, -0.1) is 0 Å². The number of aromatic hydroxyl groups is 1. The van der Waals surface area contributed by atoms with Gasteiger partial charge in [0.1, 0.15) is 27.2 Å². The summed E-state index contributed by atoms with van der Waals surface area (Å²) in [6, 6.07) is 9.03. The molecule has 0 aliphatic carbocycles. The summed E-state index contributed by atoms with van der Waals surface area (Å²) in [6.45, 7) is 2.07. The highest BCUT2D eigenvalue weighted by atomic mass is 79.9. The lowest BCUT2D eigenvalue weighted by Gasteiger charge is -2.19. The minimum atomic E-state index is -0.356. The fraction of sp³-hybridized carbons (Fsp3) is 0.273. The smallest absolute Gasteiger partial charge is 0.266 e. The Morgan fingerprint density at radius 3 is 2.40 bits per heavy atom. The number of nitrogens with one attached hydrogen (secondary N) is 1. The van der Waals surface area contributed by atoms with Gasteiger partial charge in [0.05, 0.1) is 25.3 Å². The molecule has 8 heteroatoms.